The van der Waals surface area contributed by atoms with Crippen molar-refractivity contribution in [1.29, 1.82) is 0 Å². The summed E-state index contributed by atoms with van der Waals surface area (Å²) in [6.07, 6.45) is 2.14. The molecule has 2 atom stereocenters. The number of aliphatic hydroxyl groups excluding tert-OH is 1. The van der Waals surface area contributed by atoms with Crippen LogP contribution in [0.4, 0.5) is 0 Å². The lowest BCUT2D eigenvalue weighted by Crippen LogP contribution is -2.41. The molecule has 0 aliphatic carbocycles. The molecule has 0 spiro atoms. The van der Waals surface area contributed by atoms with Gasteiger partial charge in [0.25, 0.3) is 0 Å². The molecule has 106 valence electrons. The highest BCUT2D eigenvalue weighted by Gasteiger charge is 2.19. The number of β-amino-alcohol motifs (C(OH)–C–C–N with tert-alkyl or cyclic N) is 1. The van der Waals surface area contributed by atoms with Gasteiger partial charge in [0.05, 0.1) is 0 Å². The highest BCUT2D eigenvalue weighted by atomic mass is 16.5. The zero-order chi connectivity index (χ0) is 13.7. The van der Waals surface area contributed by atoms with E-state index in [-0.39, 0.29) is 0 Å². The largest absolute Gasteiger partial charge is 0.491 e. The predicted molar refractivity (Wildman–Crippen MR) is 77.5 cm³/mol. The van der Waals surface area contributed by atoms with E-state index in [0.717, 1.165) is 31.3 Å². The minimum Gasteiger partial charge on any atom is -0.491 e. The second-order valence-corrected chi connectivity index (χ2v) is 5.78. The van der Waals surface area contributed by atoms with Crippen molar-refractivity contribution in [3.63, 3.8) is 0 Å². The Hall–Kier alpha value is -1.06. The van der Waals surface area contributed by atoms with E-state index >= 15 is 0 Å². The summed E-state index contributed by atoms with van der Waals surface area (Å²) in [6, 6.07) is 7.94. The van der Waals surface area contributed by atoms with E-state index in [1.165, 1.54) is 18.4 Å². The van der Waals surface area contributed by atoms with E-state index in [4.69, 9.17) is 4.74 Å². The summed E-state index contributed by atoms with van der Waals surface area (Å²) >= 11 is 0. The quantitative estimate of drug-likeness (QED) is 0.886. The van der Waals surface area contributed by atoms with Crippen LogP contribution in [0.25, 0.3) is 0 Å². The molecule has 2 rings (SSSR count). The van der Waals surface area contributed by atoms with Crippen LogP contribution in [0.2, 0.25) is 0 Å². The third-order valence-corrected chi connectivity index (χ3v) is 3.67. The predicted octanol–water partition coefficient (Wildman–Crippen LogP) is 2.47. The van der Waals surface area contributed by atoms with Crippen LogP contribution in [-0.4, -0.2) is 42.4 Å². The molecule has 1 fully saturated rings. The Kier molecular flexibility index (Phi) is 5.23. The lowest BCUT2D eigenvalue weighted by atomic mass is 10.0. The van der Waals surface area contributed by atoms with Crippen molar-refractivity contribution < 1.29 is 9.84 Å². The van der Waals surface area contributed by atoms with Gasteiger partial charge in [-0.3, -0.25) is 0 Å². The van der Waals surface area contributed by atoms with E-state index in [9.17, 15) is 5.11 Å². The molecule has 0 unspecified atom stereocenters. The lowest BCUT2D eigenvalue weighted by Gasteiger charge is -2.32. The van der Waals surface area contributed by atoms with E-state index < -0.39 is 6.10 Å². The molecule has 1 N–H and O–H groups in total. The van der Waals surface area contributed by atoms with Gasteiger partial charge in [-0.2, -0.15) is 0 Å². The number of aliphatic hydroxyl groups is 1. The minimum absolute atomic E-state index is 0.369. The Morgan fingerprint density at radius 3 is 2.79 bits per heavy atom. The van der Waals surface area contributed by atoms with Crippen LogP contribution in [0, 0.1) is 12.8 Å². The van der Waals surface area contributed by atoms with Crippen LogP contribution >= 0.6 is 0 Å². The van der Waals surface area contributed by atoms with Crippen molar-refractivity contribution in [3.05, 3.63) is 29.8 Å². The standard InChI is InChI=1S/C16H25NO2/c1-13-5-7-16(8-6-13)19-12-15(18)11-17-9-3-4-14(2)10-17/h5-8,14-15,18H,3-4,9-12H2,1-2H3/t14-,15-/m0/s1. The van der Waals surface area contributed by atoms with Crippen molar-refractivity contribution in [3.8, 4) is 5.75 Å². The van der Waals surface area contributed by atoms with Crippen molar-refractivity contribution >= 4 is 0 Å². The molecule has 0 bridgehead atoms. The van der Waals surface area contributed by atoms with Crippen molar-refractivity contribution in [2.75, 3.05) is 26.2 Å². The monoisotopic (exact) mass is 263 g/mol. The number of aryl methyl sites for hydroxylation is 1. The lowest BCUT2D eigenvalue weighted by molar-refractivity contribution is 0.0537. The normalized spacial score (nSPS) is 22.2. The highest BCUT2D eigenvalue weighted by Crippen LogP contribution is 2.16. The molecule has 0 amide bonds. The number of nitrogens with zero attached hydrogens (tertiary/aromatic N) is 1. The van der Waals surface area contributed by atoms with Gasteiger partial charge in [-0.1, -0.05) is 24.6 Å². The fourth-order valence-electron chi connectivity index (χ4n) is 2.63. The van der Waals surface area contributed by atoms with Crippen LogP contribution in [0.3, 0.4) is 0 Å². The Balaban J connectivity index is 1.72. The van der Waals surface area contributed by atoms with Gasteiger partial charge in [0.15, 0.2) is 0 Å². The molecule has 0 aromatic heterocycles. The third kappa shape index (κ3) is 4.84. The molecular formula is C16H25NO2. The first-order valence-electron chi connectivity index (χ1n) is 7.23. The maximum absolute atomic E-state index is 10.0. The van der Waals surface area contributed by atoms with Gasteiger partial charge in [-0.05, 0) is 44.4 Å². The van der Waals surface area contributed by atoms with Crippen molar-refractivity contribution in [2.45, 2.75) is 32.8 Å². The molecular weight excluding hydrogens is 238 g/mol. The van der Waals surface area contributed by atoms with E-state index in [1.54, 1.807) is 0 Å². The average Bonchev–Trinajstić information content (AvgIpc) is 2.38. The van der Waals surface area contributed by atoms with E-state index in [1.807, 2.05) is 24.3 Å². The fourth-order valence-corrected chi connectivity index (χ4v) is 2.63. The second-order valence-electron chi connectivity index (χ2n) is 5.78. The summed E-state index contributed by atoms with van der Waals surface area (Å²) < 4.78 is 5.61. The van der Waals surface area contributed by atoms with Gasteiger partial charge >= 0.3 is 0 Å². The van der Waals surface area contributed by atoms with Gasteiger partial charge < -0.3 is 14.7 Å². The van der Waals surface area contributed by atoms with Gasteiger partial charge in [-0.25, -0.2) is 0 Å². The van der Waals surface area contributed by atoms with Crippen LogP contribution < -0.4 is 4.74 Å². The molecule has 1 aromatic carbocycles. The first kappa shape index (κ1) is 14.4. The smallest absolute Gasteiger partial charge is 0.119 e. The summed E-state index contributed by atoms with van der Waals surface area (Å²) in [4.78, 5) is 2.34. The average molecular weight is 263 g/mol. The SMILES string of the molecule is Cc1ccc(OC[C@@H](O)CN2CCC[C@H](C)C2)cc1. The van der Waals surface area contributed by atoms with Crippen LogP contribution in [-0.2, 0) is 0 Å². The number of hydrogen-bond donors (Lipinski definition) is 1. The molecule has 3 nitrogen and oxygen atoms in total. The van der Waals surface area contributed by atoms with Crippen LogP contribution in [0.15, 0.2) is 24.3 Å². The number of likely N-dealkylation sites (tertiary alicyclic amines) is 1. The molecule has 1 aromatic rings. The maximum Gasteiger partial charge on any atom is 0.119 e. The third-order valence-electron chi connectivity index (χ3n) is 3.67. The topological polar surface area (TPSA) is 32.7 Å². The Morgan fingerprint density at radius 2 is 2.11 bits per heavy atom. The zero-order valence-corrected chi connectivity index (χ0v) is 12.0. The number of rotatable bonds is 5. The first-order chi connectivity index (χ1) is 9.13. The Morgan fingerprint density at radius 1 is 1.37 bits per heavy atom. The number of piperidine rings is 1. The number of benzene rings is 1. The van der Waals surface area contributed by atoms with E-state index in [0.29, 0.717) is 6.61 Å². The molecule has 19 heavy (non-hydrogen) atoms. The number of ether oxygens (including phenoxy) is 1. The number of hydrogen-bond acceptors (Lipinski definition) is 3. The molecule has 1 saturated heterocycles. The molecule has 3 heteroatoms. The van der Waals surface area contributed by atoms with Gasteiger partial charge in [0, 0.05) is 13.1 Å². The summed E-state index contributed by atoms with van der Waals surface area (Å²) in [5.74, 6) is 1.58. The minimum atomic E-state index is -0.411. The Labute approximate surface area is 116 Å². The van der Waals surface area contributed by atoms with Crippen LogP contribution in [0.1, 0.15) is 25.3 Å². The van der Waals surface area contributed by atoms with Gasteiger partial charge in [0.2, 0.25) is 0 Å². The fraction of sp³-hybridized carbons (Fsp3) is 0.625. The molecule has 0 radical (unpaired) electrons. The molecule has 1 heterocycles. The summed E-state index contributed by atoms with van der Waals surface area (Å²) in [7, 11) is 0. The van der Waals surface area contributed by atoms with E-state index in [2.05, 4.69) is 18.7 Å². The summed E-state index contributed by atoms with van der Waals surface area (Å²) in [5.41, 5.74) is 1.22. The van der Waals surface area contributed by atoms with Gasteiger partial charge in [-0.15, -0.1) is 0 Å². The summed E-state index contributed by atoms with van der Waals surface area (Å²) in [6.45, 7) is 7.62. The van der Waals surface area contributed by atoms with Gasteiger partial charge in [0.1, 0.15) is 18.5 Å². The first-order valence-corrected chi connectivity index (χ1v) is 7.23. The molecule has 1 aliphatic heterocycles. The highest BCUT2D eigenvalue weighted by molar-refractivity contribution is 5.26. The Bertz CT molecular complexity index is 377. The molecule has 0 saturated carbocycles. The second kappa shape index (κ2) is 6.92. The zero-order valence-electron chi connectivity index (χ0n) is 12.0. The van der Waals surface area contributed by atoms with Crippen molar-refractivity contribution in [1.82, 2.24) is 4.90 Å². The van der Waals surface area contributed by atoms with Crippen LogP contribution in [0.5, 0.6) is 5.75 Å². The summed E-state index contributed by atoms with van der Waals surface area (Å²) in [5, 5.41) is 10.0. The van der Waals surface area contributed by atoms with Crippen molar-refractivity contribution in [2.24, 2.45) is 5.92 Å². The molecule has 1 aliphatic rings. The maximum atomic E-state index is 10.0.